The second kappa shape index (κ2) is 8.84. The van der Waals surface area contributed by atoms with Crippen molar-refractivity contribution in [2.75, 3.05) is 63.6 Å². The number of morpholine rings is 1. The Morgan fingerprint density at radius 2 is 1.97 bits per heavy atom. The molecule has 0 bridgehead atoms. The molecule has 1 spiro atoms. The van der Waals surface area contributed by atoms with E-state index in [9.17, 15) is 4.79 Å². The van der Waals surface area contributed by atoms with E-state index in [0.717, 1.165) is 43.8 Å². The van der Waals surface area contributed by atoms with E-state index in [-0.39, 0.29) is 4.75 Å². The predicted octanol–water partition coefficient (Wildman–Crippen LogP) is 3.96. The van der Waals surface area contributed by atoms with Crippen molar-refractivity contribution in [1.82, 2.24) is 9.80 Å². The minimum absolute atomic E-state index is 0.292. The summed E-state index contributed by atoms with van der Waals surface area (Å²) in [7, 11) is 2.17. The van der Waals surface area contributed by atoms with Gasteiger partial charge in [0.2, 0.25) is 5.91 Å². The lowest BCUT2D eigenvalue weighted by molar-refractivity contribution is -0.127. The molecule has 0 radical (unpaired) electrons. The number of carbonyl (C=O) groups excluding carboxylic acids is 1. The van der Waals surface area contributed by atoms with Gasteiger partial charge in [-0.25, -0.2) is 0 Å². The summed E-state index contributed by atoms with van der Waals surface area (Å²) in [6, 6.07) is 8.64. The first-order valence-electron chi connectivity index (χ1n) is 13.3. The number of nitrogens with zero attached hydrogens (tertiary/aromatic N) is 4. The highest BCUT2D eigenvalue weighted by molar-refractivity contribution is 8.16. The smallest absolute Gasteiger partial charge is 0.245 e. The largest absolute Gasteiger partial charge is 0.378 e. The molecule has 6 nitrogen and oxygen atoms in total. The molecule has 8 heteroatoms. The van der Waals surface area contributed by atoms with E-state index in [1.165, 1.54) is 28.3 Å². The first kappa shape index (κ1) is 23.2. The topological polar surface area (TPSA) is 48.4 Å². The maximum absolute atomic E-state index is 13.8. The number of para-hydroxylation sites is 1. The summed E-state index contributed by atoms with van der Waals surface area (Å²) in [6.45, 7) is 8.11. The zero-order valence-electron chi connectivity index (χ0n) is 21.1. The molecule has 0 aromatic heterocycles. The quantitative estimate of drug-likeness (QED) is 0.597. The second-order valence-electron chi connectivity index (χ2n) is 10.8. The third kappa shape index (κ3) is 3.58. The Morgan fingerprint density at radius 3 is 2.81 bits per heavy atom. The molecule has 1 amide bonds. The normalized spacial score (nSPS) is 36.1. The number of anilines is 1. The zero-order valence-corrected chi connectivity index (χ0v) is 22.7. The number of carbonyl (C=O) groups is 1. The van der Waals surface area contributed by atoms with Gasteiger partial charge < -0.3 is 14.5 Å². The SMILES string of the molecule is CCN1C(=O)C2(SC1=NCC1=CC=C(N3CCOCC3)C3CC13)C1CSc3ccccc3N(C)CC12. The number of aliphatic imine (C=N–C) groups is 1. The summed E-state index contributed by atoms with van der Waals surface area (Å²) >= 11 is 3.68. The van der Waals surface area contributed by atoms with Gasteiger partial charge in [-0.1, -0.05) is 30.0 Å². The van der Waals surface area contributed by atoms with Crippen molar-refractivity contribution in [2.24, 2.45) is 28.7 Å². The Bertz CT molecular complexity index is 1180. The number of fused-ring (bicyclic) bond motifs is 5. The number of hydrogen-bond donors (Lipinski definition) is 0. The van der Waals surface area contributed by atoms with Crippen molar-refractivity contribution < 1.29 is 9.53 Å². The van der Waals surface area contributed by atoms with Crippen molar-refractivity contribution in [3.8, 4) is 0 Å². The van der Waals surface area contributed by atoms with Gasteiger partial charge in [-0.3, -0.25) is 14.7 Å². The van der Waals surface area contributed by atoms with E-state index in [4.69, 9.17) is 9.73 Å². The highest BCUT2D eigenvalue weighted by atomic mass is 32.2. The van der Waals surface area contributed by atoms with Gasteiger partial charge in [0.05, 0.1) is 25.4 Å². The van der Waals surface area contributed by atoms with Crippen molar-refractivity contribution in [2.45, 2.75) is 23.0 Å². The summed E-state index contributed by atoms with van der Waals surface area (Å²) < 4.78 is 5.21. The second-order valence-corrected chi connectivity index (χ2v) is 13.1. The molecule has 6 aliphatic rings. The van der Waals surface area contributed by atoms with Gasteiger partial charge in [0.15, 0.2) is 5.17 Å². The minimum atomic E-state index is -0.329. The van der Waals surface area contributed by atoms with Gasteiger partial charge in [0.25, 0.3) is 0 Å². The summed E-state index contributed by atoms with van der Waals surface area (Å²) in [5.41, 5.74) is 4.21. The van der Waals surface area contributed by atoms with Crippen LogP contribution in [0.5, 0.6) is 0 Å². The number of thioether (sulfide) groups is 2. The fourth-order valence-corrected chi connectivity index (χ4v) is 9.93. The molecular weight excluding hydrogens is 488 g/mol. The summed E-state index contributed by atoms with van der Waals surface area (Å²) in [4.78, 5) is 27.0. The molecule has 36 heavy (non-hydrogen) atoms. The van der Waals surface area contributed by atoms with Crippen molar-refractivity contribution in [1.29, 1.82) is 0 Å². The molecule has 5 atom stereocenters. The molecule has 1 aromatic carbocycles. The van der Waals surface area contributed by atoms with Crippen LogP contribution in [0.2, 0.25) is 0 Å². The van der Waals surface area contributed by atoms with Crippen LogP contribution < -0.4 is 4.90 Å². The average Bonchev–Trinajstić information content (AvgIpc) is 3.79. The van der Waals surface area contributed by atoms with Crippen LogP contribution in [-0.2, 0) is 9.53 Å². The molecule has 3 aliphatic heterocycles. The number of hydrogen-bond acceptors (Lipinski definition) is 7. The molecule has 1 aromatic rings. The maximum Gasteiger partial charge on any atom is 0.245 e. The van der Waals surface area contributed by atoms with Crippen LogP contribution in [0.25, 0.3) is 0 Å². The van der Waals surface area contributed by atoms with E-state index < -0.39 is 0 Å². The molecule has 3 aliphatic carbocycles. The summed E-state index contributed by atoms with van der Waals surface area (Å²) in [6.07, 6.45) is 5.88. The predicted molar refractivity (Wildman–Crippen MR) is 148 cm³/mol. The van der Waals surface area contributed by atoms with Crippen LogP contribution >= 0.6 is 23.5 Å². The summed E-state index contributed by atoms with van der Waals surface area (Å²) in [5, 5.41) is 0.945. The Labute approximate surface area is 222 Å². The number of ether oxygens (including phenoxy) is 1. The number of rotatable bonds is 4. The number of allylic oxidation sites excluding steroid dienone is 3. The van der Waals surface area contributed by atoms with Gasteiger partial charge >= 0.3 is 0 Å². The van der Waals surface area contributed by atoms with Crippen LogP contribution in [0.3, 0.4) is 0 Å². The van der Waals surface area contributed by atoms with Gasteiger partial charge in [-0.2, -0.15) is 0 Å². The van der Waals surface area contributed by atoms with Crippen molar-refractivity contribution >= 4 is 40.3 Å². The Kier molecular flexibility index (Phi) is 5.71. The van der Waals surface area contributed by atoms with Crippen LogP contribution in [0.1, 0.15) is 13.3 Å². The zero-order chi connectivity index (χ0) is 24.4. The monoisotopic (exact) mass is 522 g/mol. The fraction of sp³-hybridized carbons (Fsp3) is 0.571. The molecule has 5 unspecified atom stereocenters. The number of amides is 1. The Morgan fingerprint density at radius 1 is 1.14 bits per heavy atom. The minimum Gasteiger partial charge on any atom is -0.378 e. The van der Waals surface area contributed by atoms with Crippen molar-refractivity contribution in [3.05, 3.63) is 47.7 Å². The maximum atomic E-state index is 13.8. The summed E-state index contributed by atoms with van der Waals surface area (Å²) in [5.74, 6) is 3.36. The van der Waals surface area contributed by atoms with Gasteiger partial charge in [0, 0.05) is 61.4 Å². The van der Waals surface area contributed by atoms with Gasteiger partial charge in [-0.15, -0.1) is 11.8 Å². The van der Waals surface area contributed by atoms with E-state index in [2.05, 4.69) is 60.2 Å². The molecule has 4 fully saturated rings. The molecular formula is C28H34N4O2S2. The highest BCUT2D eigenvalue weighted by Crippen LogP contribution is 2.66. The number of amidine groups is 1. The Balaban J connectivity index is 1.09. The van der Waals surface area contributed by atoms with Crippen LogP contribution in [0, 0.1) is 23.7 Å². The Hall–Kier alpha value is -1.90. The van der Waals surface area contributed by atoms with Crippen LogP contribution in [0.15, 0.2) is 57.6 Å². The lowest BCUT2D eigenvalue weighted by Crippen LogP contribution is -2.36. The molecule has 7 rings (SSSR count). The fourth-order valence-electron chi connectivity index (χ4n) is 6.75. The lowest BCUT2D eigenvalue weighted by atomic mass is 10.0. The molecule has 190 valence electrons. The molecule has 2 saturated heterocycles. The lowest BCUT2D eigenvalue weighted by Gasteiger charge is -2.32. The molecule has 3 heterocycles. The highest BCUT2D eigenvalue weighted by Gasteiger charge is 2.74. The third-order valence-electron chi connectivity index (χ3n) is 8.92. The standard InChI is InChI=1S/C28H34N4O2S2/c1-3-32-26(33)28(21-16-30(2)24-6-4-5-7-25(24)35-17-22(21)28)36-27(32)29-15-18-8-9-23(20-14-19(18)20)31-10-12-34-13-11-31/h4-9,19-22H,3,10-17H2,1-2H3. The van der Waals surface area contributed by atoms with Crippen LogP contribution in [-0.4, -0.2) is 84.4 Å². The van der Waals surface area contributed by atoms with E-state index >= 15 is 0 Å². The van der Waals surface area contributed by atoms with E-state index in [0.29, 0.717) is 42.7 Å². The number of benzene rings is 1. The van der Waals surface area contributed by atoms with Gasteiger partial charge in [0.1, 0.15) is 4.75 Å². The molecule has 0 N–H and O–H groups in total. The van der Waals surface area contributed by atoms with E-state index in [1.807, 2.05) is 16.7 Å². The third-order valence-corrected chi connectivity index (χ3v) is 11.8. The van der Waals surface area contributed by atoms with E-state index in [1.54, 1.807) is 11.8 Å². The van der Waals surface area contributed by atoms with Crippen LogP contribution in [0.4, 0.5) is 5.69 Å². The average molecular weight is 523 g/mol. The first-order chi connectivity index (χ1) is 17.6. The molecule has 2 saturated carbocycles. The van der Waals surface area contributed by atoms with Crippen molar-refractivity contribution in [3.63, 3.8) is 0 Å². The first-order valence-corrected chi connectivity index (χ1v) is 15.1. The van der Waals surface area contributed by atoms with Gasteiger partial charge in [-0.05, 0) is 49.0 Å².